The molecule has 0 amide bonds. The van der Waals surface area contributed by atoms with Gasteiger partial charge in [-0.1, -0.05) is 40.4 Å². The first kappa shape index (κ1) is 16.0. The van der Waals surface area contributed by atoms with Crippen LogP contribution in [0.2, 0.25) is 19.6 Å². The molecule has 0 aliphatic rings. The summed E-state index contributed by atoms with van der Waals surface area (Å²) in [4.78, 5) is 0. The van der Waals surface area contributed by atoms with Gasteiger partial charge in [-0.15, -0.1) is 0 Å². The lowest BCUT2D eigenvalue weighted by Gasteiger charge is -2.25. The summed E-state index contributed by atoms with van der Waals surface area (Å²) < 4.78 is 33.1. The predicted octanol–water partition coefficient (Wildman–Crippen LogP) is 4.76. The molecule has 0 N–H and O–H groups in total. The highest BCUT2D eigenvalue weighted by Gasteiger charge is 2.28. The fourth-order valence-corrected chi connectivity index (χ4v) is 4.46. The van der Waals surface area contributed by atoms with Crippen LogP contribution in [0, 0.1) is 18.2 Å². The maximum absolute atomic E-state index is 13.5. The van der Waals surface area contributed by atoms with Crippen LogP contribution in [-0.4, -0.2) is 8.07 Å². The van der Waals surface area contributed by atoms with Crippen LogP contribution in [0.5, 0.6) is 0 Å². The van der Waals surface area contributed by atoms with Crippen molar-refractivity contribution in [2.45, 2.75) is 53.7 Å². The molecule has 1 heterocycles. The highest BCUT2D eigenvalue weighted by atomic mass is 28.3. The van der Waals surface area contributed by atoms with Crippen LogP contribution < -0.4 is 9.75 Å². The number of halogens is 1. The second-order valence-electron chi connectivity index (χ2n) is 8.68. The summed E-state index contributed by atoms with van der Waals surface area (Å²) in [6, 6.07) is 6.97. The van der Waals surface area contributed by atoms with Gasteiger partial charge in [0.05, 0.1) is 8.07 Å². The van der Waals surface area contributed by atoms with E-state index in [1.165, 1.54) is 6.07 Å². The van der Waals surface area contributed by atoms with Crippen LogP contribution in [0.1, 0.15) is 34.6 Å². The van der Waals surface area contributed by atoms with Crippen LogP contribution in [-0.2, 0) is 13.4 Å². The molecule has 1 aromatic heterocycles. The van der Waals surface area contributed by atoms with E-state index in [4.69, 9.17) is 2.74 Å². The molecule has 0 saturated heterocycles. The quantitative estimate of drug-likeness (QED) is 0.557. The Hall–Kier alpha value is -1.48. The van der Waals surface area contributed by atoms with Gasteiger partial charge >= 0.3 is 0 Å². The maximum Gasteiger partial charge on any atom is 0.212 e. The van der Waals surface area contributed by atoms with E-state index in [0.717, 1.165) is 27.6 Å². The van der Waals surface area contributed by atoms with E-state index >= 15 is 0 Å². The maximum atomic E-state index is 13.5. The third-order valence-corrected chi connectivity index (χ3v) is 6.09. The van der Waals surface area contributed by atoms with E-state index in [-0.39, 0.29) is 5.82 Å². The van der Waals surface area contributed by atoms with Crippen molar-refractivity contribution in [1.29, 1.82) is 0 Å². The van der Waals surface area contributed by atoms with Crippen LogP contribution in [0.4, 0.5) is 4.39 Å². The zero-order chi connectivity index (χ0) is 20.1. The zero-order valence-electron chi connectivity index (χ0n) is 18.2. The third kappa shape index (κ3) is 4.32. The van der Waals surface area contributed by atoms with E-state index in [1.807, 2.05) is 51.6 Å². The number of pyridine rings is 1. The second kappa shape index (κ2) is 6.44. The minimum atomic E-state index is -1.81. The van der Waals surface area contributed by atoms with Crippen molar-refractivity contribution in [3.05, 3.63) is 47.4 Å². The van der Waals surface area contributed by atoms with Gasteiger partial charge in [-0.2, -0.15) is 0 Å². The SMILES string of the molecule is [2H]C([2H])(c1c[n+](C)c(-c2ccc(F)cc2C)cc1[Si](C)(C)C)C(C)(C)C. The smallest absolute Gasteiger partial charge is 0.207 e. The Kier molecular flexibility index (Phi) is 4.29. The van der Waals surface area contributed by atoms with E-state index in [2.05, 4.69) is 25.7 Å². The van der Waals surface area contributed by atoms with Crippen molar-refractivity contribution in [1.82, 2.24) is 0 Å². The monoisotopic (exact) mass is 346 g/mol. The third-order valence-electron chi connectivity index (χ3n) is 4.06. The first-order valence-electron chi connectivity index (χ1n) is 9.47. The van der Waals surface area contributed by atoms with Gasteiger partial charge in [-0.05, 0) is 47.7 Å². The van der Waals surface area contributed by atoms with Crippen molar-refractivity contribution >= 4 is 13.3 Å². The van der Waals surface area contributed by atoms with Crippen molar-refractivity contribution < 1.29 is 11.7 Å². The van der Waals surface area contributed by atoms with E-state index in [0.29, 0.717) is 0 Å². The summed E-state index contributed by atoms with van der Waals surface area (Å²) in [6.07, 6.45) is 0.494. The van der Waals surface area contributed by atoms with Gasteiger partial charge in [0.1, 0.15) is 12.9 Å². The highest BCUT2D eigenvalue weighted by Crippen LogP contribution is 2.24. The molecule has 1 aromatic carbocycles. The van der Waals surface area contributed by atoms with Gasteiger partial charge in [0, 0.05) is 19.9 Å². The molecule has 0 radical (unpaired) electrons. The van der Waals surface area contributed by atoms with E-state index < -0.39 is 19.9 Å². The molecule has 0 bridgehead atoms. The largest absolute Gasteiger partial charge is 0.212 e. The number of nitrogens with zero attached hydrogens (tertiary/aromatic N) is 1. The van der Waals surface area contributed by atoms with Gasteiger partial charge in [-0.25, -0.2) is 8.96 Å². The lowest BCUT2D eigenvalue weighted by atomic mass is 9.88. The van der Waals surface area contributed by atoms with Gasteiger partial charge in [-0.3, -0.25) is 0 Å². The standard InChI is InChI=1S/C21H31FNSi/c1-15-11-17(22)9-10-18(15)19-12-20(24(6,7)8)16(14-23(19)5)13-21(2,3)4/h9-12,14H,13H2,1-8H3/q+1/i13D2. The first-order valence-corrected chi connectivity index (χ1v) is 12.0. The Bertz CT molecular complexity index is 833. The van der Waals surface area contributed by atoms with E-state index in [9.17, 15) is 4.39 Å². The Balaban J connectivity index is 2.82. The number of rotatable bonds is 3. The summed E-state index contributed by atoms with van der Waals surface area (Å²) >= 11 is 0. The molecular formula is C21H31FNSi+. The predicted molar refractivity (Wildman–Crippen MR) is 104 cm³/mol. The van der Waals surface area contributed by atoms with Crippen LogP contribution in [0.25, 0.3) is 11.3 Å². The normalized spacial score (nSPS) is 14.4. The number of benzene rings is 1. The Morgan fingerprint density at radius 2 is 1.79 bits per heavy atom. The summed E-state index contributed by atoms with van der Waals surface area (Å²) in [5, 5.41) is 1.12. The van der Waals surface area contributed by atoms with Crippen LogP contribution in [0.3, 0.4) is 0 Å². The molecule has 24 heavy (non-hydrogen) atoms. The lowest BCUT2D eigenvalue weighted by molar-refractivity contribution is -0.660. The minimum absolute atomic E-state index is 0.236. The molecule has 3 heteroatoms. The zero-order valence-corrected chi connectivity index (χ0v) is 17.2. The van der Waals surface area contributed by atoms with Crippen molar-refractivity contribution in [3.63, 3.8) is 0 Å². The van der Waals surface area contributed by atoms with E-state index in [1.54, 1.807) is 6.07 Å². The summed E-state index contributed by atoms with van der Waals surface area (Å²) in [6.45, 7) is 14.5. The average Bonchev–Trinajstić information content (AvgIpc) is 2.45. The summed E-state index contributed by atoms with van der Waals surface area (Å²) in [5.41, 5.74) is 3.12. The molecule has 0 atom stereocenters. The molecule has 0 saturated carbocycles. The second-order valence-corrected chi connectivity index (χ2v) is 13.7. The molecule has 1 nitrogen and oxygen atoms in total. The molecule has 2 rings (SSSR count). The fourth-order valence-electron chi connectivity index (χ4n) is 2.96. The molecule has 0 unspecified atom stereocenters. The van der Waals surface area contributed by atoms with Crippen molar-refractivity contribution in [2.24, 2.45) is 12.5 Å². The number of hydrogen-bond acceptors (Lipinski definition) is 0. The van der Waals surface area contributed by atoms with Gasteiger partial charge < -0.3 is 0 Å². The Morgan fingerprint density at radius 3 is 2.29 bits per heavy atom. The first-order chi connectivity index (χ1) is 11.7. The van der Waals surface area contributed by atoms with Gasteiger partial charge in [0.15, 0.2) is 6.20 Å². The molecule has 0 aliphatic heterocycles. The Labute approximate surface area is 150 Å². The number of aromatic nitrogens is 1. The number of aryl methyl sites for hydroxylation is 2. The molecule has 0 aliphatic carbocycles. The van der Waals surface area contributed by atoms with Crippen molar-refractivity contribution in [2.75, 3.05) is 0 Å². The number of hydrogen-bond donors (Lipinski definition) is 0. The molecule has 130 valence electrons. The van der Waals surface area contributed by atoms with Gasteiger partial charge in [0.2, 0.25) is 5.69 Å². The van der Waals surface area contributed by atoms with Crippen LogP contribution >= 0.6 is 0 Å². The molecule has 0 fully saturated rings. The average molecular weight is 347 g/mol. The topological polar surface area (TPSA) is 3.88 Å². The minimum Gasteiger partial charge on any atom is -0.207 e. The van der Waals surface area contributed by atoms with Crippen molar-refractivity contribution in [3.8, 4) is 11.3 Å². The Morgan fingerprint density at radius 1 is 1.17 bits per heavy atom. The van der Waals surface area contributed by atoms with Gasteiger partial charge in [0.25, 0.3) is 0 Å². The molecular weight excluding hydrogens is 313 g/mol. The molecule has 0 spiro atoms. The fraction of sp³-hybridized carbons (Fsp3) is 0.476. The summed E-state index contributed by atoms with van der Waals surface area (Å²) in [5.74, 6) is -0.236. The van der Waals surface area contributed by atoms with Crippen LogP contribution in [0.15, 0.2) is 30.5 Å². The lowest BCUT2D eigenvalue weighted by Crippen LogP contribution is -2.45. The molecule has 2 aromatic rings. The highest BCUT2D eigenvalue weighted by molar-refractivity contribution is 6.89. The summed E-state index contributed by atoms with van der Waals surface area (Å²) in [7, 11) is 0.129.